The van der Waals surface area contributed by atoms with Crippen LogP contribution in [0.1, 0.15) is 11.7 Å². The third kappa shape index (κ3) is 1.60. The molecular formula is C9H10ClN3. The molecular weight excluding hydrogens is 186 g/mol. The first-order valence-electron chi connectivity index (χ1n) is 4.05. The summed E-state index contributed by atoms with van der Waals surface area (Å²) in [6.45, 7) is 0. The highest BCUT2D eigenvalue weighted by Gasteiger charge is 2.12. The second kappa shape index (κ2) is 3.26. The average Bonchev–Trinajstić information content (AvgIpc) is 2.51. The van der Waals surface area contributed by atoms with Crippen molar-refractivity contribution < 1.29 is 0 Å². The quantitative estimate of drug-likeness (QED) is 0.681. The number of aryl methyl sites for hydroxylation is 1. The first-order chi connectivity index (χ1) is 6.27. The van der Waals surface area contributed by atoms with E-state index in [1.165, 1.54) is 0 Å². The summed E-state index contributed by atoms with van der Waals surface area (Å²) in [5, 5.41) is 3.26. The lowest BCUT2D eigenvalue weighted by molar-refractivity contribution is 0.755. The number of amidine groups is 1. The zero-order chi connectivity index (χ0) is 9.26. The number of nitrogens with one attached hydrogen (secondary N) is 1. The van der Waals surface area contributed by atoms with Gasteiger partial charge in [-0.15, -0.1) is 0 Å². The zero-order valence-corrected chi connectivity index (χ0v) is 7.99. The fourth-order valence-corrected chi connectivity index (χ4v) is 1.52. The Hall–Kier alpha value is -1.22. The summed E-state index contributed by atoms with van der Waals surface area (Å²) in [7, 11) is 1.99. The van der Waals surface area contributed by atoms with E-state index in [4.69, 9.17) is 11.6 Å². The first kappa shape index (κ1) is 8.38. The Morgan fingerprint density at radius 1 is 1.62 bits per heavy atom. The highest BCUT2D eigenvalue weighted by molar-refractivity contribution is 6.64. The van der Waals surface area contributed by atoms with Crippen LogP contribution in [0.4, 0.5) is 0 Å². The van der Waals surface area contributed by atoms with Gasteiger partial charge in [0.1, 0.15) is 6.04 Å². The molecule has 0 amide bonds. The summed E-state index contributed by atoms with van der Waals surface area (Å²) in [6.07, 6.45) is 5.78. The molecule has 1 aliphatic heterocycles. The molecule has 0 saturated heterocycles. The Balaban J connectivity index is 2.32. The minimum Gasteiger partial charge on any atom is -0.352 e. The maximum atomic E-state index is 5.76. The maximum Gasteiger partial charge on any atom is 0.196 e. The van der Waals surface area contributed by atoms with Crippen molar-refractivity contribution in [2.24, 2.45) is 12.0 Å². The van der Waals surface area contributed by atoms with E-state index in [1.807, 2.05) is 42.2 Å². The van der Waals surface area contributed by atoms with Gasteiger partial charge in [-0.05, 0) is 29.8 Å². The van der Waals surface area contributed by atoms with E-state index >= 15 is 0 Å². The third-order valence-electron chi connectivity index (χ3n) is 2.02. The van der Waals surface area contributed by atoms with Gasteiger partial charge in [-0.2, -0.15) is 0 Å². The monoisotopic (exact) mass is 195 g/mol. The summed E-state index contributed by atoms with van der Waals surface area (Å²) in [6, 6.07) is 4.07. The van der Waals surface area contributed by atoms with E-state index in [-0.39, 0.29) is 6.04 Å². The van der Waals surface area contributed by atoms with Crippen LogP contribution in [0.3, 0.4) is 0 Å². The van der Waals surface area contributed by atoms with E-state index in [9.17, 15) is 0 Å². The highest BCUT2D eigenvalue weighted by Crippen LogP contribution is 2.20. The molecule has 2 rings (SSSR count). The Labute approximate surface area is 81.7 Å². The molecule has 2 heterocycles. The molecule has 13 heavy (non-hydrogen) atoms. The van der Waals surface area contributed by atoms with Crippen LogP contribution in [-0.2, 0) is 7.05 Å². The lowest BCUT2D eigenvalue weighted by atomic mass is 10.2. The normalized spacial score (nSPS) is 21.1. The fraction of sp³-hybridized carbons (Fsp3) is 0.222. The van der Waals surface area contributed by atoms with Crippen LogP contribution in [-0.4, -0.2) is 9.86 Å². The molecule has 0 spiro atoms. The van der Waals surface area contributed by atoms with E-state index in [0.717, 1.165) is 5.69 Å². The van der Waals surface area contributed by atoms with Gasteiger partial charge in [0.25, 0.3) is 0 Å². The van der Waals surface area contributed by atoms with Crippen LogP contribution in [0.15, 0.2) is 35.6 Å². The minimum atomic E-state index is 0.0359. The summed E-state index contributed by atoms with van der Waals surface area (Å²) < 4.78 is 2.04. The van der Waals surface area contributed by atoms with Gasteiger partial charge >= 0.3 is 0 Å². The Bertz CT molecular complexity index is 365. The van der Waals surface area contributed by atoms with Crippen molar-refractivity contribution in [1.82, 2.24) is 9.88 Å². The number of aromatic nitrogens is 1. The largest absolute Gasteiger partial charge is 0.352 e. The van der Waals surface area contributed by atoms with Crippen molar-refractivity contribution >= 4 is 16.9 Å². The first-order valence-corrected chi connectivity index (χ1v) is 4.43. The minimum absolute atomic E-state index is 0.0359. The zero-order valence-electron chi connectivity index (χ0n) is 7.24. The molecule has 1 aliphatic rings. The number of halogens is 1. The van der Waals surface area contributed by atoms with Gasteiger partial charge in [-0.25, -0.2) is 4.99 Å². The van der Waals surface area contributed by atoms with Crippen molar-refractivity contribution in [1.29, 1.82) is 0 Å². The third-order valence-corrected chi connectivity index (χ3v) is 2.23. The van der Waals surface area contributed by atoms with Crippen molar-refractivity contribution in [2.75, 3.05) is 0 Å². The van der Waals surface area contributed by atoms with Crippen LogP contribution in [0.5, 0.6) is 0 Å². The Morgan fingerprint density at radius 2 is 2.46 bits per heavy atom. The molecule has 0 saturated carbocycles. The summed E-state index contributed by atoms with van der Waals surface area (Å²) in [5.74, 6) is 0. The molecule has 0 aromatic carbocycles. The van der Waals surface area contributed by atoms with E-state index < -0.39 is 0 Å². The van der Waals surface area contributed by atoms with E-state index in [2.05, 4.69) is 10.3 Å². The van der Waals surface area contributed by atoms with Crippen molar-refractivity contribution in [3.63, 3.8) is 0 Å². The molecule has 0 radical (unpaired) electrons. The average molecular weight is 196 g/mol. The molecule has 0 fully saturated rings. The van der Waals surface area contributed by atoms with Gasteiger partial charge in [0.2, 0.25) is 0 Å². The standard InChI is InChI=1S/C9H10ClN3/c1-13-6-2-3-8(13)7-4-5-11-9(10)12-7/h2-7H,1H3,(H,11,12). The molecule has 68 valence electrons. The molecule has 1 N–H and O–H groups in total. The summed E-state index contributed by atoms with van der Waals surface area (Å²) >= 11 is 5.76. The number of aliphatic imine (C=N–C) groups is 1. The van der Waals surface area contributed by atoms with E-state index in [1.54, 1.807) is 0 Å². The lowest BCUT2D eigenvalue weighted by Crippen LogP contribution is -2.17. The fourth-order valence-electron chi connectivity index (χ4n) is 1.36. The van der Waals surface area contributed by atoms with Crippen molar-refractivity contribution in [2.45, 2.75) is 6.04 Å². The summed E-state index contributed by atoms with van der Waals surface area (Å²) in [5.41, 5.74) is 1.14. The number of hydrogen-bond acceptors (Lipinski definition) is 2. The van der Waals surface area contributed by atoms with Gasteiger partial charge in [-0.1, -0.05) is 0 Å². The van der Waals surface area contributed by atoms with Gasteiger partial charge in [0.15, 0.2) is 5.29 Å². The molecule has 1 aromatic rings. The van der Waals surface area contributed by atoms with Crippen LogP contribution in [0.2, 0.25) is 0 Å². The van der Waals surface area contributed by atoms with Crippen molar-refractivity contribution in [3.8, 4) is 0 Å². The second-order valence-electron chi connectivity index (χ2n) is 2.91. The molecule has 0 bridgehead atoms. The predicted octanol–water partition coefficient (Wildman–Crippen LogP) is 1.78. The number of hydrogen-bond donors (Lipinski definition) is 1. The van der Waals surface area contributed by atoms with Crippen LogP contribution < -0.4 is 5.32 Å². The van der Waals surface area contributed by atoms with Gasteiger partial charge in [0.05, 0.1) is 0 Å². The van der Waals surface area contributed by atoms with Crippen molar-refractivity contribution in [3.05, 3.63) is 36.3 Å². The molecule has 1 unspecified atom stereocenters. The van der Waals surface area contributed by atoms with E-state index in [0.29, 0.717) is 5.29 Å². The maximum absolute atomic E-state index is 5.76. The number of nitrogens with zero attached hydrogens (tertiary/aromatic N) is 2. The van der Waals surface area contributed by atoms with Crippen LogP contribution in [0, 0.1) is 0 Å². The molecule has 3 nitrogen and oxygen atoms in total. The number of rotatable bonds is 1. The van der Waals surface area contributed by atoms with Gasteiger partial charge in [-0.3, -0.25) is 0 Å². The Morgan fingerprint density at radius 3 is 3.08 bits per heavy atom. The molecule has 1 atom stereocenters. The summed E-state index contributed by atoms with van der Waals surface area (Å²) in [4.78, 5) is 4.25. The predicted molar refractivity (Wildman–Crippen MR) is 53.7 cm³/mol. The van der Waals surface area contributed by atoms with Crippen LogP contribution >= 0.6 is 11.6 Å². The topological polar surface area (TPSA) is 29.3 Å². The second-order valence-corrected chi connectivity index (χ2v) is 3.27. The molecule has 0 aliphatic carbocycles. The van der Waals surface area contributed by atoms with Gasteiger partial charge in [0, 0.05) is 25.1 Å². The van der Waals surface area contributed by atoms with Crippen LogP contribution in [0.25, 0.3) is 0 Å². The SMILES string of the molecule is Cn1cccc1C1C=CNC(Cl)=N1. The lowest BCUT2D eigenvalue weighted by Gasteiger charge is -2.14. The Kier molecular flexibility index (Phi) is 2.10. The smallest absolute Gasteiger partial charge is 0.196 e. The van der Waals surface area contributed by atoms with Gasteiger partial charge < -0.3 is 9.88 Å². The molecule has 1 aromatic heterocycles. The highest BCUT2D eigenvalue weighted by atomic mass is 35.5. The molecule has 4 heteroatoms.